The summed E-state index contributed by atoms with van der Waals surface area (Å²) in [5, 5.41) is 2.35. The average Bonchev–Trinajstić information content (AvgIpc) is 2.85. The maximum Gasteiger partial charge on any atom is 0.182 e. The van der Waals surface area contributed by atoms with Crippen LogP contribution in [0.2, 0.25) is 0 Å². The minimum Gasteiger partial charge on any atom is -0.606 e. The molecule has 2 nitrogen and oxygen atoms in total. The molecule has 0 saturated carbocycles. The predicted molar refractivity (Wildman–Crippen MR) is 138 cm³/mol. The Labute approximate surface area is 197 Å². The lowest BCUT2D eigenvalue weighted by molar-refractivity contribution is 0.594. The van der Waals surface area contributed by atoms with Crippen LogP contribution in [0.5, 0.6) is 0 Å². The van der Waals surface area contributed by atoms with Crippen LogP contribution in [0.15, 0.2) is 113 Å². The van der Waals surface area contributed by atoms with Gasteiger partial charge in [-0.1, -0.05) is 78.9 Å². The van der Waals surface area contributed by atoms with Crippen LogP contribution in [0.3, 0.4) is 0 Å². The van der Waals surface area contributed by atoms with E-state index in [0.29, 0.717) is 0 Å². The summed E-state index contributed by atoms with van der Waals surface area (Å²) in [6, 6.07) is 36.0. The quantitative estimate of drug-likeness (QED) is 0.257. The van der Waals surface area contributed by atoms with E-state index in [1.54, 1.807) is 0 Å². The van der Waals surface area contributed by atoms with Gasteiger partial charge in [0.1, 0.15) is 11.4 Å². The normalized spacial score (nSPS) is 13.1. The fourth-order valence-electron chi connectivity index (χ4n) is 4.74. The topological polar surface area (TPSA) is 26.3 Å². The minimum atomic E-state index is -1.23. The molecule has 0 saturated heterocycles. The van der Waals surface area contributed by atoms with Crippen molar-refractivity contribution >= 4 is 39.0 Å². The van der Waals surface area contributed by atoms with Crippen LogP contribution >= 0.6 is 0 Å². The Bertz CT molecular complexity index is 1460. The molecule has 5 aromatic rings. The summed E-state index contributed by atoms with van der Waals surface area (Å²) >= 11 is -1.23. The van der Waals surface area contributed by atoms with E-state index in [4.69, 9.17) is 0 Å². The highest BCUT2D eigenvalue weighted by atomic mass is 32.2. The lowest BCUT2D eigenvalue weighted by Crippen LogP contribution is -2.23. The van der Waals surface area contributed by atoms with Crippen molar-refractivity contribution in [2.75, 3.05) is 4.90 Å². The van der Waals surface area contributed by atoms with Crippen molar-refractivity contribution in [3.05, 3.63) is 114 Å². The largest absolute Gasteiger partial charge is 0.606 e. The molecule has 0 radical (unpaired) electrons. The second-order valence-corrected chi connectivity index (χ2v) is 10.0. The van der Waals surface area contributed by atoms with Crippen LogP contribution < -0.4 is 4.90 Å². The van der Waals surface area contributed by atoms with Gasteiger partial charge in [0.2, 0.25) is 0 Å². The minimum absolute atomic E-state index is 0.861. The molecule has 0 aromatic heterocycles. The number of hydrogen-bond acceptors (Lipinski definition) is 2. The van der Waals surface area contributed by atoms with Gasteiger partial charge in [0.25, 0.3) is 0 Å². The Balaban J connectivity index is 1.75. The fourth-order valence-corrected chi connectivity index (χ4v) is 6.27. The van der Waals surface area contributed by atoms with E-state index in [9.17, 15) is 4.55 Å². The summed E-state index contributed by atoms with van der Waals surface area (Å²) in [5.74, 6) is 0. The SMILES string of the molecule is Cc1ccc2c(c1)[S+]([O-])c1cc(C)ccc1N2c1c(-c2ccccc2)ccc2ccccc12. The molecule has 1 aliphatic rings. The maximum absolute atomic E-state index is 13.7. The number of rotatable bonds is 2. The fraction of sp³-hybridized carbons (Fsp3) is 0.0667. The first-order valence-corrected chi connectivity index (χ1v) is 12.3. The van der Waals surface area contributed by atoms with E-state index < -0.39 is 11.2 Å². The first-order valence-electron chi connectivity index (χ1n) is 11.1. The Kier molecular flexibility index (Phi) is 4.75. The molecule has 0 bridgehead atoms. The van der Waals surface area contributed by atoms with Crippen molar-refractivity contribution in [2.24, 2.45) is 0 Å². The summed E-state index contributed by atoms with van der Waals surface area (Å²) in [7, 11) is 0. The van der Waals surface area contributed by atoms with E-state index in [0.717, 1.165) is 49.1 Å². The summed E-state index contributed by atoms with van der Waals surface area (Å²) in [6.07, 6.45) is 0. The molecule has 0 atom stereocenters. The Morgan fingerprint density at radius 2 is 1.24 bits per heavy atom. The molecule has 0 amide bonds. The summed E-state index contributed by atoms with van der Waals surface area (Å²) < 4.78 is 13.7. The van der Waals surface area contributed by atoms with Crippen LogP contribution in [0.1, 0.15) is 11.1 Å². The zero-order valence-corrected chi connectivity index (χ0v) is 19.4. The van der Waals surface area contributed by atoms with Gasteiger partial charge in [-0.05, 0) is 60.2 Å². The first kappa shape index (κ1) is 20.1. The van der Waals surface area contributed by atoms with Crippen molar-refractivity contribution < 1.29 is 4.55 Å². The van der Waals surface area contributed by atoms with Crippen molar-refractivity contribution in [2.45, 2.75) is 23.6 Å². The molecule has 0 fully saturated rings. The van der Waals surface area contributed by atoms with Crippen molar-refractivity contribution in [1.82, 2.24) is 0 Å². The third kappa shape index (κ3) is 3.24. The molecule has 0 unspecified atom stereocenters. The highest BCUT2D eigenvalue weighted by molar-refractivity contribution is 7.92. The molecule has 160 valence electrons. The summed E-state index contributed by atoms with van der Waals surface area (Å²) in [5.41, 5.74) is 7.60. The predicted octanol–water partition coefficient (Wildman–Crippen LogP) is 8.07. The van der Waals surface area contributed by atoms with E-state index >= 15 is 0 Å². The molecule has 6 rings (SSSR count). The second-order valence-electron chi connectivity index (χ2n) is 8.60. The number of anilines is 3. The van der Waals surface area contributed by atoms with Gasteiger partial charge in [-0.15, -0.1) is 0 Å². The van der Waals surface area contributed by atoms with Gasteiger partial charge >= 0.3 is 0 Å². The molecule has 1 heterocycles. The number of benzene rings is 5. The molecular weight excluding hydrogens is 422 g/mol. The lowest BCUT2D eigenvalue weighted by atomic mass is 9.96. The van der Waals surface area contributed by atoms with Crippen molar-refractivity contribution in [3.63, 3.8) is 0 Å². The zero-order valence-electron chi connectivity index (χ0n) is 18.6. The molecule has 5 aromatic carbocycles. The summed E-state index contributed by atoms with van der Waals surface area (Å²) in [4.78, 5) is 4.04. The molecule has 33 heavy (non-hydrogen) atoms. The summed E-state index contributed by atoms with van der Waals surface area (Å²) in [6.45, 7) is 4.11. The number of aryl methyl sites for hydroxylation is 2. The average molecular weight is 446 g/mol. The number of fused-ring (bicyclic) bond motifs is 3. The van der Waals surface area contributed by atoms with E-state index in [1.165, 1.54) is 10.8 Å². The molecular formula is C30H23NOS. The molecule has 1 aliphatic heterocycles. The van der Waals surface area contributed by atoms with E-state index in [2.05, 4.69) is 116 Å². The van der Waals surface area contributed by atoms with Crippen molar-refractivity contribution in [3.8, 4) is 11.1 Å². The van der Waals surface area contributed by atoms with Gasteiger partial charge < -0.3 is 9.45 Å². The zero-order chi connectivity index (χ0) is 22.5. The van der Waals surface area contributed by atoms with Gasteiger partial charge in [0.15, 0.2) is 9.79 Å². The van der Waals surface area contributed by atoms with Crippen molar-refractivity contribution in [1.29, 1.82) is 0 Å². The van der Waals surface area contributed by atoms with Gasteiger partial charge in [0, 0.05) is 22.1 Å². The molecule has 0 aliphatic carbocycles. The third-order valence-electron chi connectivity index (χ3n) is 6.32. The van der Waals surface area contributed by atoms with Gasteiger partial charge in [-0.2, -0.15) is 0 Å². The standard InChI is InChI=1S/C30H23NOS/c1-20-12-16-26-28(18-20)33(32)29-19-21(2)13-17-27(29)31(26)30-24-11-7-6-10-23(24)14-15-25(30)22-8-4-3-5-9-22/h3-19H,1-2H3. The van der Waals surface area contributed by atoms with Crippen LogP contribution in [0.25, 0.3) is 21.9 Å². The highest BCUT2D eigenvalue weighted by Gasteiger charge is 2.36. The Morgan fingerprint density at radius 3 is 1.91 bits per heavy atom. The monoisotopic (exact) mass is 445 g/mol. The Morgan fingerprint density at radius 1 is 0.636 bits per heavy atom. The lowest BCUT2D eigenvalue weighted by Gasteiger charge is -2.35. The highest BCUT2D eigenvalue weighted by Crippen LogP contribution is 2.52. The maximum atomic E-state index is 13.7. The van der Waals surface area contributed by atoms with E-state index in [-0.39, 0.29) is 0 Å². The van der Waals surface area contributed by atoms with Gasteiger partial charge in [-0.3, -0.25) is 0 Å². The smallest absolute Gasteiger partial charge is 0.182 e. The molecule has 0 spiro atoms. The van der Waals surface area contributed by atoms with Gasteiger partial charge in [-0.25, -0.2) is 0 Å². The van der Waals surface area contributed by atoms with Crippen LogP contribution in [-0.2, 0) is 11.2 Å². The Hall–Kier alpha value is -3.53. The molecule has 3 heteroatoms. The van der Waals surface area contributed by atoms with Gasteiger partial charge in [0.05, 0.1) is 5.69 Å². The molecule has 0 N–H and O–H groups in total. The van der Waals surface area contributed by atoms with Crippen LogP contribution in [-0.4, -0.2) is 4.55 Å². The number of nitrogens with zero attached hydrogens (tertiary/aromatic N) is 1. The number of hydrogen-bond donors (Lipinski definition) is 0. The third-order valence-corrected chi connectivity index (χ3v) is 7.77. The first-order chi connectivity index (χ1) is 16.1. The van der Waals surface area contributed by atoms with Crippen LogP contribution in [0, 0.1) is 13.8 Å². The van der Waals surface area contributed by atoms with E-state index in [1.807, 2.05) is 6.07 Å². The van der Waals surface area contributed by atoms with Crippen LogP contribution in [0.4, 0.5) is 17.1 Å². The second kappa shape index (κ2) is 7.80.